The molecule has 0 radical (unpaired) electrons. The molecule has 0 aliphatic heterocycles. The lowest BCUT2D eigenvalue weighted by atomic mass is 9.67. The second-order valence-electron chi connectivity index (χ2n) is 10.0. The second kappa shape index (κ2) is 8.41. The Morgan fingerprint density at radius 1 is 0.458 bits per heavy atom. The van der Waals surface area contributed by atoms with E-state index in [1.54, 1.807) is 0 Å². The minimum absolute atomic E-state index is 0.926. The predicted molar refractivity (Wildman–Crippen MR) is 106 cm³/mol. The Kier molecular flexibility index (Phi) is 6.50. The molecule has 0 bridgehead atoms. The fraction of sp³-hybridized carbons (Fsp3) is 0.917. The van der Waals surface area contributed by atoms with Gasteiger partial charge in [0, 0.05) is 0 Å². The van der Waals surface area contributed by atoms with Crippen LogP contribution in [0.25, 0.3) is 0 Å². The van der Waals surface area contributed by atoms with Gasteiger partial charge >= 0.3 is 0 Å². The fourth-order valence-electron chi connectivity index (χ4n) is 6.05. The summed E-state index contributed by atoms with van der Waals surface area (Å²) in [4.78, 5) is 0. The summed E-state index contributed by atoms with van der Waals surface area (Å²) in [5.41, 5.74) is 3.87. The highest BCUT2D eigenvalue weighted by Crippen LogP contribution is 2.46. The van der Waals surface area contributed by atoms with E-state index in [4.69, 9.17) is 0 Å². The van der Waals surface area contributed by atoms with E-state index >= 15 is 0 Å². The van der Waals surface area contributed by atoms with Crippen LogP contribution in [0.3, 0.4) is 0 Å². The van der Waals surface area contributed by atoms with E-state index in [9.17, 15) is 0 Å². The molecule has 0 N–H and O–H groups in total. The smallest absolute Gasteiger partial charge is 0.0198 e. The third-order valence-corrected chi connectivity index (χ3v) is 7.99. The summed E-state index contributed by atoms with van der Waals surface area (Å²) in [5, 5.41) is 0. The monoisotopic (exact) mass is 330 g/mol. The standard InChI is InChI=1S/C24H42/c1-17-5-11-21(12-6-17)20(4)24(22-13-7-18(2)8-14-22)23-15-9-19(3)10-16-23/h17-19,21-23H,5-16H2,1-4H3. The molecular weight excluding hydrogens is 288 g/mol. The van der Waals surface area contributed by atoms with Crippen LogP contribution < -0.4 is 0 Å². The maximum absolute atomic E-state index is 2.56. The molecule has 0 nitrogen and oxygen atoms in total. The largest absolute Gasteiger partial charge is 0.0705 e. The van der Waals surface area contributed by atoms with Crippen molar-refractivity contribution in [3.63, 3.8) is 0 Å². The van der Waals surface area contributed by atoms with Gasteiger partial charge in [-0.15, -0.1) is 0 Å². The average Bonchev–Trinajstić information content (AvgIpc) is 2.59. The van der Waals surface area contributed by atoms with Gasteiger partial charge in [-0.05, 0) is 81.0 Å². The first-order chi connectivity index (χ1) is 11.5. The highest BCUT2D eigenvalue weighted by Gasteiger charge is 2.32. The Bertz CT molecular complexity index is 383. The first-order valence-electron chi connectivity index (χ1n) is 11.2. The van der Waals surface area contributed by atoms with Gasteiger partial charge in [-0.3, -0.25) is 0 Å². The SMILES string of the molecule is CC(=C(C1CCC(C)CC1)C1CCC(C)CC1)C1CCC(C)CC1. The van der Waals surface area contributed by atoms with Crippen molar-refractivity contribution in [3.8, 4) is 0 Å². The lowest BCUT2D eigenvalue weighted by Crippen LogP contribution is -2.26. The van der Waals surface area contributed by atoms with Crippen LogP contribution in [0.1, 0.15) is 105 Å². The molecule has 24 heavy (non-hydrogen) atoms. The molecule has 0 heteroatoms. The molecule has 3 rings (SSSR count). The van der Waals surface area contributed by atoms with Gasteiger partial charge in [0.1, 0.15) is 0 Å². The van der Waals surface area contributed by atoms with E-state index in [2.05, 4.69) is 27.7 Å². The van der Waals surface area contributed by atoms with Gasteiger partial charge in [-0.25, -0.2) is 0 Å². The Labute approximate surface area is 151 Å². The molecule has 0 aromatic rings. The van der Waals surface area contributed by atoms with Crippen LogP contribution in [-0.2, 0) is 0 Å². The third-order valence-electron chi connectivity index (χ3n) is 7.99. The van der Waals surface area contributed by atoms with Crippen molar-refractivity contribution in [2.75, 3.05) is 0 Å². The molecule has 0 spiro atoms. The zero-order valence-electron chi connectivity index (χ0n) is 16.9. The van der Waals surface area contributed by atoms with Crippen molar-refractivity contribution >= 4 is 0 Å². The molecule has 0 atom stereocenters. The zero-order chi connectivity index (χ0) is 17.1. The summed E-state index contributed by atoms with van der Waals surface area (Å²) in [6.45, 7) is 9.96. The van der Waals surface area contributed by atoms with Gasteiger partial charge in [0.25, 0.3) is 0 Å². The van der Waals surface area contributed by atoms with Crippen LogP contribution in [-0.4, -0.2) is 0 Å². The zero-order valence-corrected chi connectivity index (χ0v) is 16.9. The molecule has 3 fully saturated rings. The van der Waals surface area contributed by atoms with Gasteiger partial charge in [0.15, 0.2) is 0 Å². The Morgan fingerprint density at radius 3 is 1.08 bits per heavy atom. The minimum Gasteiger partial charge on any atom is -0.0705 e. The normalized spacial score (nSPS) is 41.0. The molecule has 0 unspecified atom stereocenters. The van der Waals surface area contributed by atoms with Crippen molar-refractivity contribution in [2.45, 2.75) is 105 Å². The molecule has 0 heterocycles. The number of hydrogen-bond acceptors (Lipinski definition) is 0. The fourth-order valence-corrected chi connectivity index (χ4v) is 6.05. The van der Waals surface area contributed by atoms with Crippen molar-refractivity contribution in [3.05, 3.63) is 11.1 Å². The highest BCUT2D eigenvalue weighted by atomic mass is 14.4. The van der Waals surface area contributed by atoms with Crippen molar-refractivity contribution in [2.24, 2.45) is 35.5 Å². The van der Waals surface area contributed by atoms with Crippen LogP contribution in [0.4, 0.5) is 0 Å². The maximum Gasteiger partial charge on any atom is -0.0198 e. The van der Waals surface area contributed by atoms with Crippen molar-refractivity contribution < 1.29 is 0 Å². The molecular formula is C24H42. The molecule has 3 aliphatic rings. The van der Waals surface area contributed by atoms with Crippen molar-refractivity contribution in [1.29, 1.82) is 0 Å². The summed E-state index contributed by atoms with van der Waals surface area (Å²) in [7, 11) is 0. The van der Waals surface area contributed by atoms with Crippen LogP contribution in [0, 0.1) is 35.5 Å². The molecule has 3 aliphatic carbocycles. The van der Waals surface area contributed by atoms with E-state index < -0.39 is 0 Å². The highest BCUT2D eigenvalue weighted by molar-refractivity contribution is 5.22. The van der Waals surface area contributed by atoms with Gasteiger partial charge < -0.3 is 0 Å². The maximum atomic E-state index is 2.56. The Hall–Kier alpha value is -0.260. The molecule has 138 valence electrons. The van der Waals surface area contributed by atoms with E-state index in [-0.39, 0.29) is 0 Å². The Balaban J connectivity index is 1.79. The lowest BCUT2D eigenvalue weighted by molar-refractivity contribution is 0.253. The summed E-state index contributed by atoms with van der Waals surface area (Å²) in [6, 6.07) is 0. The first-order valence-corrected chi connectivity index (χ1v) is 11.2. The van der Waals surface area contributed by atoms with E-state index in [1.807, 2.05) is 11.1 Å². The van der Waals surface area contributed by atoms with Crippen LogP contribution in [0.5, 0.6) is 0 Å². The molecule has 3 saturated carbocycles. The minimum atomic E-state index is 0.926. The molecule has 0 aromatic carbocycles. The molecule has 0 aromatic heterocycles. The van der Waals surface area contributed by atoms with E-state index in [0.717, 1.165) is 35.5 Å². The van der Waals surface area contributed by atoms with Gasteiger partial charge in [0.05, 0.1) is 0 Å². The Morgan fingerprint density at radius 2 is 0.750 bits per heavy atom. The summed E-state index contributed by atoms with van der Waals surface area (Å²) >= 11 is 0. The van der Waals surface area contributed by atoms with Crippen LogP contribution in [0.2, 0.25) is 0 Å². The van der Waals surface area contributed by atoms with Crippen LogP contribution >= 0.6 is 0 Å². The summed E-state index contributed by atoms with van der Waals surface area (Å²) in [6.07, 6.45) is 17.8. The van der Waals surface area contributed by atoms with Crippen molar-refractivity contribution in [1.82, 2.24) is 0 Å². The number of allylic oxidation sites excluding steroid dienone is 2. The van der Waals surface area contributed by atoms with E-state index in [0.29, 0.717) is 0 Å². The quantitative estimate of drug-likeness (QED) is 0.463. The van der Waals surface area contributed by atoms with Gasteiger partial charge in [-0.2, -0.15) is 0 Å². The van der Waals surface area contributed by atoms with Crippen LogP contribution in [0.15, 0.2) is 11.1 Å². The topological polar surface area (TPSA) is 0 Å². The summed E-state index contributed by atoms with van der Waals surface area (Å²) in [5.74, 6) is 5.74. The van der Waals surface area contributed by atoms with Gasteiger partial charge in [0.2, 0.25) is 0 Å². The second-order valence-corrected chi connectivity index (χ2v) is 10.0. The number of hydrogen-bond donors (Lipinski definition) is 0. The summed E-state index contributed by atoms with van der Waals surface area (Å²) < 4.78 is 0. The first kappa shape index (κ1) is 18.5. The lowest BCUT2D eigenvalue weighted by Gasteiger charge is -2.39. The van der Waals surface area contributed by atoms with E-state index in [1.165, 1.54) is 77.0 Å². The molecule has 0 amide bonds. The third kappa shape index (κ3) is 4.47. The predicted octanol–water partition coefficient (Wildman–Crippen LogP) is 7.78. The number of rotatable bonds is 3. The average molecular weight is 331 g/mol. The molecule has 0 saturated heterocycles. The van der Waals surface area contributed by atoms with Gasteiger partial charge in [-0.1, -0.05) is 70.4 Å².